The summed E-state index contributed by atoms with van der Waals surface area (Å²) in [7, 11) is 1.47. The number of methoxy groups -OCH3 is 1. The minimum atomic E-state index is -0.744. The van der Waals surface area contributed by atoms with Gasteiger partial charge in [-0.3, -0.25) is 29.9 Å². The zero-order valence-corrected chi connectivity index (χ0v) is 20.4. The summed E-state index contributed by atoms with van der Waals surface area (Å²) in [6.07, 6.45) is 6.84. The zero-order valence-electron chi connectivity index (χ0n) is 20.4. The Balaban J connectivity index is 1.63. The molecule has 0 radical (unpaired) electrons. The van der Waals surface area contributed by atoms with Gasteiger partial charge >= 0.3 is 6.03 Å². The fourth-order valence-electron chi connectivity index (χ4n) is 4.59. The summed E-state index contributed by atoms with van der Waals surface area (Å²) < 4.78 is 11.6. The Kier molecular flexibility index (Phi) is 7.66. The van der Waals surface area contributed by atoms with Gasteiger partial charge in [0.15, 0.2) is 11.5 Å². The number of carbonyl (C=O) groups excluding carboxylic acids is 3. The van der Waals surface area contributed by atoms with Gasteiger partial charge in [0.25, 0.3) is 17.5 Å². The highest BCUT2D eigenvalue weighted by molar-refractivity contribution is 6.31. The van der Waals surface area contributed by atoms with Crippen LogP contribution in [-0.2, 0) is 22.6 Å². The minimum absolute atomic E-state index is 0.0134. The van der Waals surface area contributed by atoms with E-state index in [2.05, 4.69) is 11.9 Å². The van der Waals surface area contributed by atoms with Crippen LogP contribution >= 0.6 is 0 Å². The van der Waals surface area contributed by atoms with Gasteiger partial charge in [-0.15, -0.1) is 6.58 Å². The summed E-state index contributed by atoms with van der Waals surface area (Å²) in [5, 5.41) is 13.2. The maximum Gasteiger partial charge on any atom is 0.331 e. The van der Waals surface area contributed by atoms with E-state index in [0.29, 0.717) is 29.0 Å². The fourth-order valence-corrected chi connectivity index (χ4v) is 4.59. The summed E-state index contributed by atoms with van der Waals surface area (Å²) >= 11 is 0. The van der Waals surface area contributed by atoms with Crippen LogP contribution in [0.2, 0.25) is 0 Å². The van der Waals surface area contributed by atoms with Crippen LogP contribution in [0.4, 0.5) is 10.5 Å². The number of barbiturate groups is 1. The number of non-ortho nitro benzene ring substituents is 1. The minimum Gasteiger partial charge on any atom is -0.493 e. The number of allylic oxidation sites excluding steroid dienone is 1. The summed E-state index contributed by atoms with van der Waals surface area (Å²) in [6, 6.07) is 8.54. The molecule has 2 aliphatic rings. The number of benzene rings is 2. The second-order valence-electron chi connectivity index (χ2n) is 8.85. The molecule has 0 bridgehead atoms. The van der Waals surface area contributed by atoms with E-state index in [1.54, 1.807) is 30.3 Å². The number of hydrogen-bond acceptors (Lipinski definition) is 7. The Morgan fingerprint density at radius 2 is 1.86 bits per heavy atom. The van der Waals surface area contributed by atoms with Crippen LogP contribution in [0.5, 0.6) is 11.5 Å². The van der Waals surface area contributed by atoms with Crippen LogP contribution in [0, 0.1) is 10.1 Å². The lowest BCUT2D eigenvalue weighted by atomic mass is 10.0. The molecule has 1 aliphatic heterocycles. The number of hydrogen-bond donors (Lipinski definition) is 1. The highest BCUT2D eigenvalue weighted by atomic mass is 16.6. The largest absolute Gasteiger partial charge is 0.493 e. The molecule has 0 spiro atoms. The van der Waals surface area contributed by atoms with Gasteiger partial charge in [0.1, 0.15) is 12.2 Å². The molecule has 10 nitrogen and oxygen atoms in total. The molecular formula is C27H27N3O7. The Bertz CT molecular complexity index is 1280. The van der Waals surface area contributed by atoms with E-state index in [4.69, 9.17) is 9.47 Å². The molecule has 0 atom stereocenters. The Morgan fingerprint density at radius 1 is 1.16 bits per heavy atom. The van der Waals surface area contributed by atoms with Gasteiger partial charge in [0, 0.05) is 23.7 Å². The molecule has 192 valence electrons. The molecule has 1 saturated carbocycles. The molecule has 10 heteroatoms. The summed E-state index contributed by atoms with van der Waals surface area (Å²) in [6.45, 7) is 3.93. The molecule has 1 saturated heterocycles. The van der Waals surface area contributed by atoms with Crippen molar-refractivity contribution in [1.29, 1.82) is 0 Å². The van der Waals surface area contributed by atoms with Gasteiger partial charge < -0.3 is 9.47 Å². The predicted octanol–water partition coefficient (Wildman–Crippen LogP) is 4.32. The van der Waals surface area contributed by atoms with E-state index in [-0.39, 0.29) is 23.9 Å². The van der Waals surface area contributed by atoms with Crippen LogP contribution in [0.25, 0.3) is 6.08 Å². The third kappa shape index (κ3) is 5.53. The van der Waals surface area contributed by atoms with Crippen LogP contribution < -0.4 is 14.8 Å². The predicted molar refractivity (Wildman–Crippen MR) is 135 cm³/mol. The van der Waals surface area contributed by atoms with Crippen LogP contribution in [0.3, 0.4) is 0 Å². The van der Waals surface area contributed by atoms with Gasteiger partial charge in [-0.2, -0.15) is 0 Å². The van der Waals surface area contributed by atoms with Gasteiger partial charge in [-0.25, -0.2) is 4.79 Å². The van der Waals surface area contributed by atoms with Crippen molar-refractivity contribution in [3.63, 3.8) is 0 Å². The van der Waals surface area contributed by atoms with Crippen molar-refractivity contribution in [2.75, 3.05) is 7.11 Å². The topological polar surface area (TPSA) is 128 Å². The number of amides is 4. The number of nitro benzene ring substituents is 1. The monoisotopic (exact) mass is 505 g/mol. The Labute approximate surface area is 213 Å². The van der Waals surface area contributed by atoms with E-state index in [9.17, 15) is 24.5 Å². The van der Waals surface area contributed by atoms with E-state index >= 15 is 0 Å². The maximum atomic E-state index is 13.2. The number of ether oxygens (including phenoxy) is 2. The third-order valence-corrected chi connectivity index (χ3v) is 6.40. The highest BCUT2D eigenvalue weighted by Gasteiger charge is 2.40. The number of imide groups is 2. The Morgan fingerprint density at radius 3 is 2.49 bits per heavy atom. The number of nitro groups is 1. The van der Waals surface area contributed by atoms with Crippen LogP contribution in [-0.4, -0.2) is 40.8 Å². The maximum absolute atomic E-state index is 13.2. The number of nitrogens with one attached hydrogen (secondary N) is 1. The first-order valence-corrected chi connectivity index (χ1v) is 11.9. The molecule has 4 rings (SSSR count). The standard InChI is InChI=1S/C27H27N3O7/c1-3-6-19-13-18(14-22-25(31)28-27(33)29(26(22)32)20-7-4-5-8-20)15-23(36-2)24(19)37-16-17-9-11-21(12-10-17)30(34)35/h3,9-15,20H,1,4-8,16H2,2H3,(H,28,31,33)/b22-14+. The Hall–Kier alpha value is -4.47. The van der Waals surface area contributed by atoms with Crippen molar-refractivity contribution in [1.82, 2.24) is 10.2 Å². The second-order valence-corrected chi connectivity index (χ2v) is 8.85. The molecular weight excluding hydrogens is 478 g/mol. The smallest absolute Gasteiger partial charge is 0.331 e. The molecule has 1 N–H and O–H groups in total. The van der Waals surface area contributed by atoms with Gasteiger partial charge in [-0.05, 0) is 60.7 Å². The van der Waals surface area contributed by atoms with Crippen molar-refractivity contribution >= 4 is 29.6 Å². The van der Waals surface area contributed by atoms with Crippen LogP contribution in [0.1, 0.15) is 42.4 Å². The third-order valence-electron chi connectivity index (χ3n) is 6.40. The van der Waals surface area contributed by atoms with E-state index < -0.39 is 22.8 Å². The SMILES string of the molecule is C=CCc1cc(/C=C2\C(=O)NC(=O)N(C3CCCC3)C2=O)cc(OC)c1OCc1ccc([N+](=O)[O-])cc1. The molecule has 0 unspecified atom stereocenters. The fraction of sp³-hybridized carbons (Fsp3) is 0.296. The van der Waals surface area contributed by atoms with Crippen LogP contribution in [0.15, 0.2) is 54.6 Å². The van der Waals surface area contributed by atoms with Crippen molar-refractivity contribution in [2.45, 2.75) is 44.8 Å². The lowest BCUT2D eigenvalue weighted by Gasteiger charge is -2.31. The quantitative estimate of drug-likeness (QED) is 0.177. The van der Waals surface area contributed by atoms with Crippen molar-refractivity contribution in [2.24, 2.45) is 0 Å². The van der Waals surface area contributed by atoms with E-state index in [0.717, 1.165) is 36.1 Å². The molecule has 4 amide bonds. The first-order valence-electron chi connectivity index (χ1n) is 11.9. The molecule has 1 heterocycles. The normalized spacial score (nSPS) is 17.2. The zero-order chi connectivity index (χ0) is 26.5. The van der Waals surface area contributed by atoms with Gasteiger partial charge in [0.05, 0.1) is 12.0 Å². The van der Waals surface area contributed by atoms with Gasteiger partial charge in [0.2, 0.25) is 0 Å². The number of carbonyl (C=O) groups is 3. The lowest BCUT2D eigenvalue weighted by Crippen LogP contribution is -2.57. The molecule has 37 heavy (non-hydrogen) atoms. The second kappa shape index (κ2) is 11.1. The number of nitrogens with zero attached hydrogens (tertiary/aromatic N) is 2. The average Bonchev–Trinajstić information content (AvgIpc) is 3.40. The summed E-state index contributed by atoms with van der Waals surface area (Å²) in [5.41, 5.74) is 1.81. The van der Waals surface area contributed by atoms with Crippen molar-refractivity contribution in [3.8, 4) is 11.5 Å². The molecule has 1 aliphatic carbocycles. The van der Waals surface area contributed by atoms with Crippen molar-refractivity contribution < 1.29 is 28.8 Å². The lowest BCUT2D eigenvalue weighted by molar-refractivity contribution is -0.384. The van der Waals surface area contributed by atoms with Crippen molar-refractivity contribution in [3.05, 3.63) is 81.4 Å². The first kappa shape index (κ1) is 25.6. The molecule has 2 aromatic carbocycles. The highest BCUT2D eigenvalue weighted by Crippen LogP contribution is 2.35. The van der Waals surface area contributed by atoms with E-state index in [1.165, 1.54) is 25.3 Å². The summed E-state index contributed by atoms with van der Waals surface area (Å²) in [5.74, 6) is -0.527. The number of rotatable bonds is 9. The van der Waals surface area contributed by atoms with Gasteiger partial charge in [-0.1, -0.05) is 18.9 Å². The molecule has 2 fully saturated rings. The molecule has 2 aromatic rings. The first-order chi connectivity index (χ1) is 17.8. The average molecular weight is 506 g/mol. The molecule has 0 aromatic heterocycles. The summed E-state index contributed by atoms with van der Waals surface area (Å²) in [4.78, 5) is 49.7. The van der Waals surface area contributed by atoms with E-state index in [1.807, 2.05) is 0 Å². The number of urea groups is 1.